The van der Waals surface area contributed by atoms with Crippen LogP contribution in [-0.4, -0.2) is 0 Å². The Morgan fingerprint density at radius 2 is 2.31 bits per heavy atom. The molecular weight excluding hydrogens is 178 g/mol. The quantitative estimate of drug-likeness (QED) is 0.725. The smallest absolute Gasteiger partial charge is 0.0302 e. The van der Waals surface area contributed by atoms with E-state index in [9.17, 15) is 0 Å². The molecule has 13 heavy (non-hydrogen) atoms. The highest BCUT2D eigenvalue weighted by Crippen LogP contribution is 2.31. The fourth-order valence-corrected chi connectivity index (χ4v) is 2.28. The van der Waals surface area contributed by atoms with Gasteiger partial charge < -0.3 is 5.73 Å². The molecule has 1 heterocycles. The first-order chi connectivity index (χ1) is 6.27. The summed E-state index contributed by atoms with van der Waals surface area (Å²) < 4.78 is 0. The summed E-state index contributed by atoms with van der Waals surface area (Å²) in [5, 5.41) is 2.11. The molecule has 0 fully saturated rings. The zero-order chi connectivity index (χ0) is 9.26. The van der Waals surface area contributed by atoms with Crippen LogP contribution in [0.5, 0.6) is 0 Å². The van der Waals surface area contributed by atoms with Gasteiger partial charge in [-0.25, -0.2) is 0 Å². The lowest BCUT2D eigenvalue weighted by atomic mass is 9.92. The molecular formula is C11H13NS. The summed E-state index contributed by atoms with van der Waals surface area (Å²) in [6.07, 6.45) is 5.24. The Labute approximate surface area is 82.6 Å². The van der Waals surface area contributed by atoms with Crippen LogP contribution in [0.15, 0.2) is 35.4 Å². The molecule has 68 valence electrons. The van der Waals surface area contributed by atoms with E-state index >= 15 is 0 Å². The van der Waals surface area contributed by atoms with Crippen molar-refractivity contribution in [2.24, 2.45) is 11.7 Å². The van der Waals surface area contributed by atoms with Crippen molar-refractivity contribution in [1.29, 1.82) is 0 Å². The minimum Gasteiger partial charge on any atom is -0.402 e. The second-order valence-corrected chi connectivity index (χ2v) is 4.39. The van der Waals surface area contributed by atoms with Gasteiger partial charge in [-0.1, -0.05) is 19.1 Å². The Kier molecular flexibility index (Phi) is 2.23. The van der Waals surface area contributed by atoms with Crippen molar-refractivity contribution in [3.8, 4) is 0 Å². The predicted octanol–water partition coefficient (Wildman–Crippen LogP) is 3.01. The van der Waals surface area contributed by atoms with E-state index in [-0.39, 0.29) is 0 Å². The van der Waals surface area contributed by atoms with E-state index in [1.54, 1.807) is 11.3 Å². The van der Waals surface area contributed by atoms with Gasteiger partial charge in [-0.05, 0) is 35.4 Å². The normalized spacial score (nSPS) is 22.4. The molecule has 2 rings (SSSR count). The molecule has 0 saturated carbocycles. The summed E-state index contributed by atoms with van der Waals surface area (Å²) in [7, 11) is 0. The van der Waals surface area contributed by atoms with Crippen LogP contribution >= 0.6 is 11.3 Å². The number of allylic oxidation sites excluding steroid dienone is 4. The topological polar surface area (TPSA) is 26.0 Å². The third kappa shape index (κ3) is 1.68. The van der Waals surface area contributed by atoms with E-state index in [0.29, 0.717) is 5.92 Å². The van der Waals surface area contributed by atoms with Crippen LogP contribution in [0.4, 0.5) is 0 Å². The monoisotopic (exact) mass is 191 g/mol. The second kappa shape index (κ2) is 3.38. The van der Waals surface area contributed by atoms with Gasteiger partial charge in [-0.15, -0.1) is 11.3 Å². The maximum Gasteiger partial charge on any atom is 0.0302 e. The number of hydrogen-bond acceptors (Lipinski definition) is 2. The molecule has 1 unspecified atom stereocenters. The lowest BCUT2D eigenvalue weighted by Crippen LogP contribution is -2.11. The molecule has 0 radical (unpaired) electrons. The fourth-order valence-electron chi connectivity index (χ4n) is 1.52. The molecule has 2 heteroatoms. The molecule has 0 bridgehead atoms. The van der Waals surface area contributed by atoms with Crippen molar-refractivity contribution in [3.05, 3.63) is 40.2 Å². The summed E-state index contributed by atoms with van der Waals surface area (Å²) in [5.74, 6) is 0.488. The molecule has 1 nitrogen and oxygen atoms in total. The van der Waals surface area contributed by atoms with E-state index in [2.05, 4.69) is 30.5 Å². The average Bonchev–Trinajstić information content (AvgIpc) is 2.62. The first-order valence-electron chi connectivity index (χ1n) is 4.47. The summed E-state index contributed by atoms with van der Waals surface area (Å²) in [5.41, 5.74) is 8.23. The van der Waals surface area contributed by atoms with Crippen LogP contribution in [0.2, 0.25) is 0 Å². The van der Waals surface area contributed by atoms with Gasteiger partial charge in [-0.2, -0.15) is 0 Å². The largest absolute Gasteiger partial charge is 0.402 e. The molecule has 1 aliphatic carbocycles. The molecule has 2 N–H and O–H groups in total. The molecule has 0 amide bonds. The van der Waals surface area contributed by atoms with E-state index < -0.39 is 0 Å². The number of nitrogens with two attached hydrogens (primary N) is 1. The average molecular weight is 191 g/mol. The molecule has 0 spiro atoms. The summed E-state index contributed by atoms with van der Waals surface area (Å²) >= 11 is 1.79. The van der Waals surface area contributed by atoms with Crippen molar-refractivity contribution in [2.75, 3.05) is 0 Å². The second-order valence-electron chi connectivity index (χ2n) is 3.44. The number of thiophene rings is 1. The van der Waals surface area contributed by atoms with E-state index in [1.807, 2.05) is 6.08 Å². The van der Waals surface area contributed by atoms with Crippen LogP contribution in [0.1, 0.15) is 18.2 Å². The lowest BCUT2D eigenvalue weighted by molar-refractivity contribution is 0.689. The molecule has 1 aromatic heterocycles. The van der Waals surface area contributed by atoms with Gasteiger partial charge in [0.05, 0.1) is 0 Å². The van der Waals surface area contributed by atoms with Gasteiger partial charge in [-0.3, -0.25) is 0 Å². The van der Waals surface area contributed by atoms with Crippen molar-refractivity contribution in [3.63, 3.8) is 0 Å². The molecule has 1 atom stereocenters. The standard InChI is InChI=1S/C11H13NS/c1-8-7-9(4-5-10(8)12)11-3-2-6-13-11/h2-6,8H,7,12H2,1H3. The van der Waals surface area contributed by atoms with E-state index in [4.69, 9.17) is 5.73 Å². The lowest BCUT2D eigenvalue weighted by Gasteiger charge is -2.17. The Balaban J connectivity index is 2.28. The number of hydrogen-bond donors (Lipinski definition) is 1. The molecule has 1 aliphatic rings. The van der Waals surface area contributed by atoms with Crippen LogP contribution in [0.25, 0.3) is 5.57 Å². The first-order valence-corrected chi connectivity index (χ1v) is 5.35. The van der Waals surface area contributed by atoms with Gasteiger partial charge in [0, 0.05) is 10.6 Å². The van der Waals surface area contributed by atoms with Crippen LogP contribution in [-0.2, 0) is 0 Å². The third-order valence-corrected chi connectivity index (χ3v) is 3.36. The Morgan fingerprint density at radius 3 is 2.92 bits per heavy atom. The highest BCUT2D eigenvalue weighted by atomic mass is 32.1. The van der Waals surface area contributed by atoms with Crippen LogP contribution in [0, 0.1) is 5.92 Å². The zero-order valence-electron chi connectivity index (χ0n) is 7.66. The van der Waals surface area contributed by atoms with Gasteiger partial charge in [0.15, 0.2) is 0 Å². The van der Waals surface area contributed by atoms with Gasteiger partial charge in [0.25, 0.3) is 0 Å². The fraction of sp³-hybridized carbons (Fsp3) is 0.273. The van der Waals surface area contributed by atoms with Gasteiger partial charge in [0.1, 0.15) is 0 Å². The molecule has 0 saturated heterocycles. The van der Waals surface area contributed by atoms with E-state index in [1.165, 1.54) is 10.5 Å². The Bertz CT molecular complexity index is 346. The maximum absolute atomic E-state index is 5.81. The maximum atomic E-state index is 5.81. The van der Waals surface area contributed by atoms with Crippen LogP contribution < -0.4 is 5.73 Å². The SMILES string of the molecule is CC1CC(c2cccs2)=CC=C1N. The minimum atomic E-state index is 0.488. The molecule has 0 aromatic carbocycles. The van der Waals surface area contributed by atoms with Crippen molar-refractivity contribution >= 4 is 16.9 Å². The molecule has 1 aromatic rings. The third-order valence-electron chi connectivity index (χ3n) is 2.41. The molecule has 0 aliphatic heterocycles. The summed E-state index contributed by atoms with van der Waals surface area (Å²) in [4.78, 5) is 1.37. The van der Waals surface area contributed by atoms with Crippen molar-refractivity contribution in [1.82, 2.24) is 0 Å². The Morgan fingerprint density at radius 1 is 1.46 bits per heavy atom. The van der Waals surface area contributed by atoms with Crippen molar-refractivity contribution < 1.29 is 0 Å². The van der Waals surface area contributed by atoms with E-state index in [0.717, 1.165) is 12.1 Å². The highest BCUT2D eigenvalue weighted by Gasteiger charge is 2.13. The van der Waals surface area contributed by atoms with Gasteiger partial charge in [0.2, 0.25) is 0 Å². The van der Waals surface area contributed by atoms with Crippen molar-refractivity contribution in [2.45, 2.75) is 13.3 Å². The van der Waals surface area contributed by atoms with Crippen LogP contribution in [0.3, 0.4) is 0 Å². The zero-order valence-corrected chi connectivity index (χ0v) is 8.47. The number of rotatable bonds is 1. The summed E-state index contributed by atoms with van der Waals surface area (Å²) in [6.45, 7) is 2.17. The highest BCUT2D eigenvalue weighted by molar-refractivity contribution is 7.11. The Hall–Kier alpha value is -1.02. The van der Waals surface area contributed by atoms with Gasteiger partial charge >= 0.3 is 0 Å². The summed E-state index contributed by atoms with van der Waals surface area (Å²) in [6, 6.07) is 4.26. The predicted molar refractivity (Wildman–Crippen MR) is 58.3 cm³/mol. The first kappa shape index (κ1) is 8.57. The minimum absolute atomic E-state index is 0.488.